The lowest BCUT2D eigenvalue weighted by Gasteiger charge is -1.93. The standard InChI is InChI=1S/C10H8N4/c1-14-9-5-11-3-2-7(9)8-4-12-6-13-10(8)14/h2-6H,1H3. The molecule has 0 unspecified atom stereocenters. The van der Waals surface area contributed by atoms with Crippen LogP contribution in [0, 0.1) is 0 Å². The van der Waals surface area contributed by atoms with E-state index in [1.165, 1.54) is 0 Å². The second-order valence-electron chi connectivity index (χ2n) is 3.21. The van der Waals surface area contributed by atoms with E-state index in [9.17, 15) is 0 Å². The third-order valence-corrected chi connectivity index (χ3v) is 2.46. The first-order valence-corrected chi connectivity index (χ1v) is 4.36. The van der Waals surface area contributed by atoms with Crippen LogP contribution in [0.25, 0.3) is 21.9 Å². The van der Waals surface area contributed by atoms with Crippen molar-refractivity contribution < 1.29 is 0 Å². The molecule has 0 radical (unpaired) electrons. The van der Waals surface area contributed by atoms with Crippen molar-refractivity contribution in [3.63, 3.8) is 0 Å². The van der Waals surface area contributed by atoms with Crippen molar-refractivity contribution in [1.29, 1.82) is 0 Å². The highest BCUT2D eigenvalue weighted by molar-refractivity contribution is 6.05. The summed E-state index contributed by atoms with van der Waals surface area (Å²) in [5.74, 6) is 0. The fourth-order valence-corrected chi connectivity index (χ4v) is 1.78. The van der Waals surface area contributed by atoms with E-state index in [0.29, 0.717) is 0 Å². The van der Waals surface area contributed by atoms with Gasteiger partial charge in [0.15, 0.2) is 0 Å². The molecule has 3 heterocycles. The topological polar surface area (TPSA) is 43.6 Å². The van der Waals surface area contributed by atoms with Crippen LogP contribution in [0.2, 0.25) is 0 Å². The second kappa shape index (κ2) is 2.51. The molecule has 0 saturated heterocycles. The molecule has 3 rings (SSSR count). The fraction of sp³-hybridized carbons (Fsp3) is 0.100. The Hall–Kier alpha value is -1.97. The quantitative estimate of drug-likeness (QED) is 0.532. The average Bonchev–Trinajstić information content (AvgIpc) is 2.55. The van der Waals surface area contributed by atoms with Gasteiger partial charge in [-0.3, -0.25) is 4.98 Å². The highest BCUT2D eigenvalue weighted by atomic mass is 15.0. The van der Waals surface area contributed by atoms with E-state index in [2.05, 4.69) is 15.0 Å². The van der Waals surface area contributed by atoms with Gasteiger partial charge in [-0.2, -0.15) is 0 Å². The Bertz CT molecular complexity index is 558. The number of aromatic nitrogens is 4. The van der Waals surface area contributed by atoms with Crippen LogP contribution in [-0.4, -0.2) is 19.5 Å². The lowest BCUT2D eigenvalue weighted by Crippen LogP contribution is -1.89. The zero-order valence-corrected chi connectivity index (χ0v) is 7.68. The van der Waals surface area contributed by atoms with Crippen molar-refractivity contribution in [2.24, 2.45) is 7.05 Å². The molecule has 3 aromatic heterocycles. The Morgan fingerprint density at radius 2 is 2.07 bits per heavy atom. The Morgan fingerprint density at radius 3 is 3.00 bits per heavy atom. The van der Waals surface area contributed by atoms with Gasteiger partial charge in [-0.15, -0.1) is 0 Å². The van der Waals surface area contributed by atoms with Crippen molar-refractivity contribution >= 4 is 21.9 Å². The van der Waals surface area contributed by atoms with Crippen LogP contribution in [0.4, 0.5) is 0 Å². The number of fused-ring (bicyclic) bond motifs is 3. The van der Waals surface area contributed by atoms with E-state index in [1.54, 1.807) is 12.5 Å². The molecule has 0 saturated carbocycles. The van der Waals surface area contributed by atoms with Crippen LogP contribution in [0.5, 0.6) is 0 Å². The molecule has 4 nitrogen and oxygen atoms in total. The van der Waals surface area contributed by atoms with Gasteiger partial charge < -0.3 is 4.57 Å². The van der Waals surface area contributed by atoms with Crippen LogP contribution in [0.1, 0.15) is 0 Å². The first-order valence-electron chi connectivity index (χ1n) is 4.36. The Labute approximate surface area is 80.2 Å². The van der Waals surface area contributed by atoms with Crippen LogP contribution < -0.4 is 0 Å². The molecule has 4 heteroatoms. The summed E-state index contributed by atoms with van der Waals surface area (Å²) in [6, 6.07) is 1.99. The van der Waals surface area contributed by atoms with Crippen LogP contribution >= 0.6 is 0 Å². The monoisotopic (exact) mass is 184 g/mol. The van der Waals surface area contributed by atoms with Gasteiger partial charge in [-0.05, 0) is 6.07 Å². The van der Waals surface area contributed by atoms with Gasteiger partial charge >= 0.3 is 0 Å². The zero-order valence-electron chi connectivity index (χ0n) is 7.68. The second-order valence-corrected chi connectivity index (χ2v) is 3.21. The summed E-state index contributed by atoms with van der Waals surface area (Å²) in [6.45, 7) is 0. The molecule has 0 spiro atoms. The minimum absolute atomic E-state index is 0.947. The number of nitrogens with zero attached hydrogens (tertiary/aromatic N) is 4. The molecule has 68 valence electrons. The summed E-state index contributed by atoms with van der Waals surface area (Å²) < 4.78 is 2.03. The van der Waals surface area contributed by atoms with Gasteiger partial charge in [0.25, 0.3) is 0 Å². The lowest BCUT2D eigenvalue weighted by molar-refractivity contribution is 0.978. The van der Waals surface area contributed by atoms with E-state index in [4.69, 9.17) is 0 Å². The molecular formula is C10H8N4. The minimum Gasteiger partial charge on any atom is -0.327 e. The SMILES string of the molecule is Cn1c2cnccc2c2cncnc21. The van der Waals surface area contributed by atoms with Crippen molar-refractivity contribution in [3.05, 3.63) is 31.0 Å². The van der Waals surface area contributed by atoms with Crippen molar-refractivity contribution in [2.45, 2.75) is 0 Å². The van der Waals surface area contributed by atoms with E-state index in [0.717, 1.165) is 21.9 Å². The first kappa shape index (κ1) is 7.44. The summed E-state index contributed by atoms with van der Waals surface area (Å²) in [6.07, 6.45) is 7.03. The predicted octanol–water partition coefficient (Wildman–Crippen LogP) is 1.52. The molecule has 0 aliphatic heterocycles. The molecule has 0 aliphatic carbocycles. The van der Waals surface area contributed by atoms with E-state index < -0.39 is 0 Å². The van der Waals surface area contributed by atoms with Crippen molar-refractivity contribution in [1.82, 2.24) is 19.5 Å². The van der Waals surface area contributed by atoms with E-state index >= 15 is 0 Å². The van der Waals surface area contributed by atoms with Gasteiger partial charge in [-0.1, -0.05) is 0 Å². The van der Waals surface area contributed by atoms with Gasteiger partial charge in [0.2, 0.25) is 0 Å². The molecule has 0 amide bonds. The molecular weight excluding hydrogens is 176 g/mol. The number of hydrogen-bond donors (Lipinski definition) is 0. The Balaban J connectivity index is 2.69. The normalized spacial score (nSPS) is 11.2. The summed E-state index contributed by atoms with van der Waals surface area (Å²) in [5.41, 5.74) is 2.03. The van der Waals surface area contributed by atoms with Gasteiger partial charge in [-0.25, -0.2) is 9.97 Å². The highest BCUT2D eigenvalue weighted by Crippen LogP contribution is 2.24. The molecule has 0 bridgehead atoms. The molecule has 14 heavy (non-hydrogen) atoms. The lowest BCUT2D eigenvalue weighted by atomic mass is 10.2. The summed E-state index contributed by atoms with van der Waals surface area (Å²) in [5, 5.41) is 2.23. The van der Waals surface area contributed by atoms with Crippen LogP contribution in [0.15, 0.2) is 31.0 Å². The van der Waals surface area contributed by atoms with Crippen LogP contribution in [-0.2, 0) is 7.05 Å². The smallest absolute Gasteiger partial charge is 0.144 e. The number of pyridine rings is 1. The van der Waals surface area contributed by atoms with Crippen LogP contribution in [0.3, 0.4) is 0 Å². The van der Waals surface area contributed by atoms with E-state index in [1.807, 2.05) is 30.1 Å². The number of rotatable bonds is 0. The molecule has 0 atom stereocenters. The largest absolute Gasteiger partial charge is 0.327 e. The Kier molecular flexibility index (Phi) is 1.33. The van der Waals surface area contributed by atoms with Gasteiger partial charge in [0.1, 0.15) is 12.0 Å². The zero-order chi connectivity index (χ0) is 9.54. The van der Waals surface area contributed by atoms with Crippen molar-refractivity contribution in [2.75, 3.05) is 0 Å². The fourth-order valence-electron chi connectivity index (χ4n) is 1.78. The maximum absolute atomic E-state index is 4.24. The molecule has 0 aliphatic rings. The van der Waals surface area contributed by atoms with Crippen molar-refractivity contribution in [3.8, 4) is 0 Å². The number of aryl methyl sites for hydroxylation is 1. The third-order valence-electron chi connectivity index (χ3n) is 2.46. The third kappa shape index (κ3) is 0.797. The average molecular weight is 184 g/mol. The maximum atomic E-state index is 4.24. The minimum atomic E-state index is 0.947. The molecule has 0 N–H and O–H groups in total. The van der Waals surface area contributed by atoms with Gasteiger partial charge in [0.05, 0.1) is 11.7 Å². The summed E-state index contributed by atoms with van der Waals surface area (Å²) in [7, 11) is 1.99. The number of hydrogen-bond acceptors (Lipinski definition) is 3. The van der Waals surface area contributed by atoms with Gasteiger partial charge in [0, 0.05) is 30.2 Å². The highest BCUT2D eigenvalue weighted by Gasteiger charge is 2.07. The van der Waals surface area contributed by atoms with E-state index in [-0.39, 0.29) is 0 Å². The summed E-state index contributed by atoms with van der Waals surface area (Å²) >= 11 is 0. The summed E-state index contributed by atoms with van der Waals surface area (Å²) in [4.78, 5) is 12.4. The maximum Gasteiger partial charge on any atom is 0.144 e. The Morgan fingerprint density at radius 1 is 1.14 bits per heavy atom. The molecule has 0 aromatic carbocycles. The molecule has 3 aromatic rings. The first-order chi connectivity index (χ1) is 6.88. The predicted molar refractivity (Wildman–Crippen MR) is 53.8 cm³/mol. The molecule has 0 fully saturated rings.